The molecule has 5 nitrogen and oxygen atoms in total. The van der Waals surface area contributed by atoms with E-state index in [2.05, 4.69) is 0 Å². The molecule has 2 aromatic carbocycles. The second kappa shape index (κ2) is 8.48. The highest BCUT2D eigenvalue weighted by Crippen LogP contribution is 2.23. The summed E-state index contributed by atoms with van der Waals surface area (Å²) in [5.41, 5.74) is -0.547. The van der Waals surface area contributed by atoms with E-state index in [0.29, 0.717) is 29.3 Å². The molecule has 0 spiro atoms. The van der Waals surface area contributed by atoms with Gasteiger partial charge in [0, 0.05) is 18.6 Å². The minimum atomic E-state index is -3.38. The molecule has 0 bridgehead atoms. The molecule has 0 unspecified atom stereocenters. The highest BCUT2D eigenvalue weighted by molar-refractivity contribution is 7.91. The standard InChI is InChI=1S/C20H26ClNO4S/c1-20(2,3)26-19(23)22(4)11-5-6-12-27(24,25)18-10-8-15-13-17(21)9-7-16(15)14-18/h7-10,13-14H,5-6,11-12H2,1-4H3. The molecule has 7 heteroatoms. The highest BCUT2D eigenvalue weighted by Gasteiger charge is 2.20. The summed E-state index contributed by atoms with van der Waals surface area (Å²) < 4.78 is 30.4. The molecule has 0 aliphatic heterocycles. The average molecular weight is 412 g/mol. The molecule has 0 aromatic heterocycles. The van der Waals surface area contributed by atoms with Gasteiger partial charge in [-0.3, -0.25) is 0 Å². The number of nitrogens with zero attached hydrogens (tertiary/aromatic N) is 1. The molecule has 0 atom stereocenters. The molecular weight excluding hydrogens is 386 g/mol. The highest BCUT2D eigenvalue weighted by atomic mass is 35.5. The minimum absolute atomic E-state index is 0.0360. The van der Waals surface area contributed by atoms with Gasteiger partial charge in [0.2, 0.25) is 0 Å². The summed E-state index contributed by atoms with van der Waals surface area (Å²) in [5.74, 6) is 0.0360. The van der Waals surface area contributed by atoms with Crippen LogP contribution in [0.25, 0.3) is 10.8 Å². The summed E-state index contributed by atoms with van der Waals surface area (Å²) in [6.45, 7) is 5.87. The fourth-order valence-corrected chi connectivity index (χ4v) is 4.16. The van der Waals surface area contributed by atoms with Crippen molar-refractivity contribution in [2.45, 2.75) is 44.1 Å². The van der Waals surface area contributed by atoms with Crippen LogP contribution in [0.15, 0.2) is 41.3 Å². The van der Waals surface area contributed by atoms with Gasteiger partial charge >= 0.3 is 6.09 Å². The van der Waals surface area contributed by atoms with Crippen LogP contribution in [0.4, 0.5) is 4.79 Å². The molecule has 27 heavy (non-hydrogen) atoms. The maximum atomic E-state index is 12.6. The first-order valence-electron chi connectivity index (χ1n) is 8.84. The van der Waals surface area contributed by atoms with Gasteiger partial charge in [0.05, 0.1) is 10.6 Å². The van der Waals surface area contributed by atoms with Crippen LogP contribution in [0.3, 0.4) is 0 Å². The number of amides is 1. The zero-order valence-corrected chi connectivity index (χ0v) is 17.7. The molecule has 0 aliphatic rings. The lowest BCUT2D eigenvalue weighted by Gasteiger charge is -2.24. The van der Waals surface area contributed by atoms with Gasteiger partial charge in [-0.1, -0.05) is 23.7 Å². The molecule has 0 fully saturated rings. The van der Waals surface area contributed by atoms with Crippen LogP contribution < -0.4 is 0 Å². The number of halogens is 1. The SMILES string of the molecule is CN(CCCCS(=O)(=O)c1ccc2cc(Cl)ccc2c1)C(=O)OC(C)(C)C. The van der Waals surface area contributed by atoms with E-state index in [-0.39, 0.29) is 5.75 Å². The Balaban J connectivity index is 1.91. The molecule has 0 aliphatic carbocycles. The molecule has 2 aromatic rings. The van der Waals surface area contributed by atoms with Gasteiger partial charge in [0.25, 0.3) is 0 Å². The summed E-state index contributed by atoms with van der Waals surface area (Å²) in [4.78, 5) is 13.7. The first-order chi connectivity index (χ1) is 12.5. The zero-order chi connectivity index (χ0) is 20.2. The van der Waals surface area contributed by atoms with Crippen molar-refractivity contribution in [1.29, 1.82) is 0 Å². The number of rotatable bonds is 6. The van der Waals surface area contributed by atoms with Crippen LogP contribution in [0.1, 0.15) is 33.6 Å². The van der Waals surface area contributed by atoms with Crippen molar-refractivity contribution < 1.29 is 17.9 Å². The lowest BCUT2D eigenvalue weighted by Crippen LogP contribution is -2.34. The third-order valence-corrected chi connectivity index (χ3v) is 6.03. The van der Waals surface area contributed by atoms with Crippen molar-refractivity contribution in [3.05, 3.63) is 41.4 Å². The quantitative estimate of drug-likeness (QED) is 0.633. The van der Waals surface area contributed by atoms with Gasteiger partial charge in [-0.15, -0.1) is 0 Å². The van der Waals surface area contributed by atoms with Gasteiger partial charge in [-0.2, -0.15) is 0 Å². The Labute approximate surface area is 166 Å². The van der Waals surface area contributed by atoms with Crippen molar-refractivity contribution in [2.24, 2.45) is 0 Å². The van der Waals surface area contributed by atoms with E-state index < -0.39 is 21.5 Å². The zero-order valence-electron chi connectivity index (χ0n) is 16.2. The number of hydrogen-bond donors (Lipinski definition) is 0. The molecule has 1 amide bonds. The Hall–Kier alpha value is -1.79. The molecule has 0 radical (unpaired) electrons. The average Bonchev–Trinajstić information content (AvgIpc) is 2.56. The third-order valence-electron chi connectivity index (χ3n) is 3.99. The number of carbonyl (C=O) groups is 1. The molecule has 0 saturated heterocycles. The Kier molecular flexibility index (Phi) is 6.76. The summed E-state index contributed by atoms with van der Waals surface area (Å²) in [6.07, 6.45) is 0.644. The third kappa shape index (κ3) is 6.40. The van der Waals surface area contributed by atoms with Crippen LogP contribution in [-0.4, -0.2) is 44.4 Å². The maximum Gasteiger partial charge on any atom is 0.410 e. The predicted octanol–water partition coefficient (Wildman–Crippen LogP) is 4.91. The Morgan fingerprint density at radius 2 is 1.70 bits per heavy atom. The van der Waals surface area contributed by atoms with Crippen LogP contribution in [-0.2, 0) is 14.6 Å². The largest absolute Gasteiger partial charge is 0.444 e. The monoisotopic (exact) mass is 411 g/mol. The van der Waals surface area contributed by atoms with Crippen molar-refractivity contribution in [3.63, 3.8) is 0 Å². The van der Waals surface area contributed by atoms with E-state index in [1.54, 1.807) is 37.4 Å². The summed E-state index contributed by atoms with van der Waals surface area (Å²) in [5, 5.41) is 2.36. The summed E-state index contributed by atoms with van der Waals surface area (Å²) >= 11 is 5.96. The van der Waals surface area contributed by atoms with E-state index in [0.717, 1.165) is 10.8 Å². The maximum absolute atomic E-state index is 12.6. The number of sulfone groups is 1. The first kappa shape index (κ1) is 21.5. The van der Waals surface area contributed by atoms with Crippen molar-refractivity contribution in [2.75, 3.05) is 19.3 Å². The fraction of sp³-hybridized carbons (Fsp3) is 0.450. The fourth-order valence-electron chi connectivity index (χ4n) is 2.58. The Morgan fingerprint density at radius 3 is 2.37 bits per heavy atom. The smallest absolute Gasteiger partial charge is 0.410 e. The topological polar surface area (TPSA) is 63.7 Å². The van der Waals surface area contributed by atoms with Crippen molar-refractivity contribution in [3.8, 4) is 0 Å². The molecule has 0 N–H and O–H groups in total. The minimum Gasteiger partial charge on any atom is -0.444 e. The van der Waals surface area contributed by atoms with Crippen LogP contribution in [0.2, 0.25) is 5.02 Å². The second-order valence-electron chi connectivity index (χ2n) is 7.58. The molecular formula is C20H26ClNO4S. The van der Waals surface area contributed by atoms with Gasteiger partial charge in [-0.05, 0) is 68.7 Å². The van der Waals surface area contributed by atoms with E-state index >= 15 is 0 Å². The normalized spacial score (nSPS) is 12.2. The molecule has 0 heterocycles. The molecule has 2 rings (SSSR count). The van der Waals surface area contributed by atoms with Crippen LogP contribution in [0.5, 0.6) is 0 Å². The van der Waals surface area contributed by atoms with Crippen molar-refractivity contribution >= 4 is 38.3 Å². The van der Waals surface area contributed by atoms with E-state index in [1.165, 1.54) is 4.90 Å². The number of fused-ring (bicyclic) bond motifs is 1. The number of hydrogen-bond acceptors (Lipinski definition) is 4. The lowest BCUT2D eigenvalue weighted by atomic mass is 10.1. The molecule has 0 saturated carbocycles. The number of ether oxygens (including phenoxy) is 1. The molecule has 148 valence electrons. The first-order valence-corrected chi connectivity index (χ1v) is 10.9. The Bertz CT molecular complexity index is 919. The lowest BCUT2D eigenvalue weighted by molar-refractivity contribution is 0.0297. The van der Waals surface area contributed by atoms with Crippen LogP contribution in [0, 0.1) is 0 Å². The number of unbranched alkanes of at least 4 members (excludes halogenated alkanes) is 1. The predicted molar refractivity (Wildman–Crippen MR) is 109 cm³/mol. The van der Waals surface area contributed by atoms with E-state index in [4.69, 9.17) is 16.3 Å². The number of carbonyl (C=O) groups excluding carboxylic acids is 1. The van der Waals surface area contributed by atoms with Gasteiger partial charge in [0.15, 0.2) is 9.84 Å². The van der Waals surface area contributed by atoms with Crippen molar-refractivity contribution in [1.82, 2.24) is 4.90 Å². The second-order valence-corrected chi connectivity index (χ2v) is 10.1. The number of benzene rings is 2. The van der Waals surface area contributed by atoms with E-state index in [9.17, 15) is 13.2 Å². The summed E-state index contributed by atoms with van der Waals surface area (Å²) in [7, 11) is -1.73. The van der Waals surface area contributed by atoms with Crippen LogP contribution >= 0.6 is 11.6 Å². The Morgan fingerprint density at radius 1 is 1.07 bits per heavy atom. The summed E-state index contributed by atoms with van der Waals surface area (Å²) in [6, 6.07) is 10.4. The van der Waals surface area contributed by atoms with Gasteiger partial charge in [0.1, 0.15) is 5.60 Å². The van der Waals surface area contributed by atoms with Gasteiger partial charge in [-0.25, -0.2) is 13.2 Å². The van der Waals surface area contributed by atoms with Gasteiger partial charge < -0.3 is 9.64 Å². The van der Waals surface area contributed by atoms with E-state index in [1.807, 2.05) is 26.8 Å².